The third-order valence-corrected chi connectivity index (χ3v) is 7.18. The molecule has 5 heterocycles. The van der Waals surface area contributed by atoms with Crippen LogP contribution in [0.2, 0.25) is 0 Å². The van der Waals surface area contributed by atoms with Gasteiger partial charge in [-0.1, -0.05) is 11.8 Å². The Bertz CT molecular complexity index is 1450. The molecular weight excluding hydrogens is 436 g/mol. The number of aromatic nitrogens is 4. The lowest BCUT2D eigenvalue weighted by atomic mass is 10.2. The van der Waals surface area contributed by atoms with E-state index in [0.717, 1.165) is 52.5 Å². The van der Waals surface area contributed by atoms with E-state index in [1.807, 2.05) is 5.51 Å². The molecule has 0 bridgehead atoms. The SMILES string of the molecule is C(#C[C@H]1CCCN1)c1csc2ncnc(Nc3ccc4c(ccn4Cc4cscn4)c3)c12. The molecule has 1 fully saturated rings. The minimum atomic E-state index is 0.279. The summed E-state index contributed by atoms with van der Waals surface area (Å²) in [5.74, 6) is 7.52. The van der Waals surface area contributed by atoms with E-state index in [1.165, 1.54) is 17.3 Å². The fourth-order valence-corrected chi connectivity index (χ4v) is 5.47. The van der Waals surface area contributed by atoms with Crippen LogP contribution in [-0.2, 0) is 6.54 Å². The first-order chi connectivity index (χ1) is 15.8. The molecule has 2 N–H and O–H groups in total. The maximum Gasteiger partial charge on any atom is 0.143 e. The van der Waals surface area contributed by atoms with Gasteiger partial charge in [0.05, 0.1) is 29.2 Å². The molecule has 158 valence electrons. The van der Waals surface area contributed by atoms with Gasteiger partial charge in [0.15, 0.2) is 0 Å². The first-order valence-corrected chi connectivity index (χ1v) is 12.4. The van der Waals surface area contributed by atoms with Gasteiger partial charge in [-0.05, 0) is 43.7 Å². The zero-order chi connectivity index (χ0) is 21.3. The van der Waals surface area contributed by atoms with Crippen LogP contribution in [0.15, 0.2) is 53.1 Å². The molecule has 0 unspecified atom stereocenters. The Morgan fingerprint density at radius 2 is 2.19 bits per heavy atom. The van der Waals surface area contributed by atoms with Crippen molar-refractivity contribution in [1.82, 2.24) is 24.8 Å². The van der Waals surface area contributed by atoms with Gasteiger partial charge in [-0.25, -0.2) is 15.0 Å². The maximum absolute atomic E-state index is 4.54. The standard InChI is InChI=1S/C24H20N6S2/c1-2-18(25-8-1)4-3-17-12-32-24-22(17)23(26-14-27-24)29-19-5-6-21-16(10-19)7-9-30(21)11-20-13-31-15-28-20/h5-7,9-10,12-15,18,25H,1-2,8,11H2,(H,26,27,29)/t18-/m1/s1. The van der Waals surface area contributed by atoms with Gasteiger partial charge in [-0.15, -0.1) is 22.7 Å². The van der Waals surface area contributed by atoms with Crippen LogP contribution in [-0.4, -0.2) is 32.1 Å². The van der Waals surface area contributed by atoms with Crippen molar-refractivity contribution in [2.24, 2.45) is 0 Å². The highest BCUT2D eigenvalue weighted by atomic mass is 32.1. The van der Waals surface area contributed by atoms with E-state index in [4.69, 9.17) is 0 Å². The van der Waals surface area contributed by atoms with Crippen LogP contribution in [0.5, 0.6) is 0 Å². The van der Waals surface area contributed by atoms with Crippen molar-refractivity contribution in [3.63, 3.8) is 0 Å². The lowest BCUT2D eigenvalue weighted by molar-refractivity contribution is 0.749. The molecule has 0 amide bonds. The quantitative estimate of drug-likeness (QED) is 0.373. The summed E-state index contributed by atoms with van der Waals surface area (Å²) < 4.78 is 2.22. The van der Waals surface area contributed by atoms with Crippen molar-refractivity contribution in [2.45, 2.75) is 25.4 Å². The number of thiazole rings is 1. The summed E-state index contributed by atoms with van der Waals surface area (Å²) in [5, 5.41) is 13.3. The Morgan fingerprint density at radius 3 is 3.06 bits per heavy atom. The Balaban J connectivity index is 1.31. The Morgan fingerprint density at radius 1 is 1.19 bits per heavy atom. The van der Waals surface area contributed by atoms with E-state index in [1.54, 1.807) is 29.0 Å². The van der Waals surface area contributed by atoms with Crippen molar-refractivity contribution < 1.29 is 0 Å². The van der Waals surface area contributed by atoms with Crippen molar-refractivity contribution in [1.29, 1.82) is 0 Å². The number of benzene rings is 1. The smallest absolute Gasteiger partial charge is 0.143 e. The molecule has 32 heavy (non-hydrogen) atoms. The van der Waals surface area contributed by atoms with Crippen LogP contribution in [0.4, 0.5) is 11.5 Å². The van der Waals surface area contributed by atoms with Crippen LogP contribution in [0, 0.1) is 11.8 Å². The zero-order valence-corrected chi connectivity index (χ0v) is 18.8. The number of nitrogens with zero attached hydrogens (tertiary/aromatic N) is 4. The van der Waals surface area contributed by atoms with Crippen LogP contribution >= 0.6 is 22.7 Å². The second-order valence-electron chi connectivity index (χ2n) is 7.79. The fourth-order valence-electron chi connectivity index (χ4n) is 4.08. The predicted octanol–water partition coefficient (Wildman–Crippen LogP) is 5.00. The number of nitrogens with one attached hydrogen (secondary N) is 2. The van der Waals surface area contributed by atoms with Crippen molar-refractivity contribution in [3.05, 3.63) is 64.3 Å². The maximum atomic E-state index is 4.54. The molecule has 6 nitrogen and oxygen atoms in total. The first-order valence-electron chi connectivity index (χ1n) is 10.5. The second-order valence-corrected chi connectivity index (χ2v) is 9.37. The molecule has 8 heteroatoms. The van der Waals surface area contributed by atoms with E-state index in [0.29, 0.717) is 0 Å². The Kier molecular flexibility index (Phi) is 5.07. The van der Waals surface area contributed by atoms with Crippen LogP contribution in [0.25, 0.3) is 21.1 Å². The molecule has 1 atom stereocenters. The molecule has 1 aliphatic rings. The molecule has 1 aromatic carbocycles. The topological polar surface area (TPSA) is 67.7 Å². The minimum absolute atomic E-state index is 0.279. The summed E-state index contributed by atoms with van der Waals surface area (Å²) in [5.41, 5.74) is 6.11. The predicted molar refractivity (Wildman–Crippen MR) is 132 cm³/mol. The van der Waals surface area contributed by atoms with E-state index in [2.05, 4.69) is 83.2 Å². The molecular formula is C24H20N6S2. The van der Waals surface area contributed by atoms with Gasteiger partial charge < -0.3 is 15.2 Å². The largest absolute Gasteiger partial charge is 0.341 e. The van der Waals surface area contributed by atoms with E-state index in [9.17, 15) is 0 Å². The minimum Gasteiger partial charge on any atom is -0.341 e. The fraction of sp³-hybridized carbons (Fsp3) is 0.208. The molecule has 0 saturated carbocycles. The molecule has 5 aromatic rings. The molecule has 1 aliphatic heterocycles. The normalized spacial score (nSPS) is 15.8. The number of fused-ring (bicyclic) bond motifs is 2. The van der Waals surface area contributed by atoms with Crippen molar-refractivity contribution >= 4 is 55.3 Å². The zero-order valence-electron chi connectivity index (χ0n) is 17.2. The summed E-state index contributed by atoms with van der Waals surface area (Å²) >= 11 is 3.23. The van der Waals surface area contributed by atoms with Crippen LogP contribution < -0.4 is 10.6 Å². The van der Waals surface area contributed by atoms with Gasteiger partial charge in [0, 0.05) is 39.1 Å². The Hall–Kier alpha value is -3.25. The highest BCUT2D eigenvalue weighted by Crippen LogP contribution is 2.31. The summed E-state index contributed by atoms with van der Waals surface area (Å²) in [6.07, 6.45) is 6.02. The summed E-state index contributed by atoms with van der Waals surface area (Å²) in [6.45, 7) is 1.83. The second kappa shape index (κ2) is 8.36. The highest BCUT2D eigenvalue weighted by Gasteiger charge is 2.13. The molecule has 0 aliphatic carbocycles. The molecule has 1 saturated heterocycles. The lowest BCUT2D eigenvalue weighted by Gasteiger charge is -2.08. The average molecular weight is 457 g/mol. The van der Waals surface area contributed by atoms with Crippen LogP contribution in [0.3, 0.4) is 0 Å². The van der Waals surface area contributed by atoms with Crippen molar-refractivity contribution in [2.75, 3.05) is 11.9 Å². The summed E-state index contributed by atoms with van der Waals surface area (Å²) in [6, 6.07) is 8.80. The van der Waals surface area contributed by atoms with Gasteiger partial charge in [-0.3, -0.25) is 0 Å². The number of hydrogen-bond acceptors (Lipinski definition) is 7. The lowest BCUT2D eigenvalue weighted by Crippen LogP contribution is -2.18. The number of thiophene rings is 1. The Labute approximate surface area is 193 Å². The van der Waals surface area contributed by atoms with Gasteiger partial charge in [0.2, 0.25) is 0 Å². The third-order valence-electron chi connectivity index (χ3n) is 5.66. The van der Waals surface area contributed by atoms with Gasteiger partial charge in [0.1, 0.15) is 17.0 Å². The van der Waals surface area contributed by atoms with E-state index < -0.39 is 0 Å². The van der Waals surface area contributed by atoms with Crippen LogP contribution in [0.1, 0.15) is 24.1 Å². The molecule has 0 spiro atoms. The molecule has 6 rings (SSSR count). The third kappa shape index (κ3) is 3.75. The van der Waals surface area contributed by atoms with Gasteiger partial charge in [-0.2, -0.15) is 0 Å². The van der Waals surface area contributed by atoms with E-state index >= 15 is 0 Å². The number of anilines is 2. The van der Waals surface area contributed by atoms with E-state index in [-0.39, 0.29) is 6.04 Å². The van der Waals surface area contributed by atoms with Gasteiger partial charge in [0.25, 0.3) is 0 Å². The molecule has 0 radical (unpaired) electrons. The average Bonchev–Trinajstić information content (AvgIpc) is 3.61. The molecule has 4 aromatic heterocycles. The summed E-state index contributed by atoms with van der Waals surface area (Å²) in [4.78, 5) is 14.3. The summed E-state index contributed by atoms with van der Waals surface area (Å²) in [7, 11) is 0. The van der Waals surface area contributed by atoms with Gasteiger partial charge >= 0.3 is 0 Å². The van der Waals surface area contributed by atoms with Crippen molar-refractivity contribution in [3.8, 4) is 11.8 Å². The number of hydrogen-bond donors (Lipinski definition) is 2. The number of rotatable bonds is 4. The first kappa shape index (κ1) is 19.4. The highest BCUT2D eigenvalue weighted by molar-refractivity contribution is 7.17. The monoisotopic (exact) mass is 456 g/mol.